The second-order valence-electron chi connectivity index (χ2n) is 3.23. The van der Waals surface area contributed by atoms with Crippen LogP contribution in [-0.2, 0) is 25.6 Å². The summed E-state index contributed by atoms with van der Waals surface area (Å²) < 4.78 is 25.6. The first-order valence-electron chi connectivity index (χ1n) is 4.62. The van der Waals surface area contributed by atoms with Crippen molar-refractivity contribution in [2.75, 3.05) is 12.9 Å². The molecule has 0 aliphatic carbocycles. The minimum atomic E-state index is -3.56. The van der Waals surface area contributed by atoms with Gasteiger partial charge < -0.3 is 5.32 Å². The van der Waals surface area contributed by atoms with E-state index >= 15 is 0 Å². The lowest BCUT2D eigenvalue weighted by Crippen LogP contribution is -2.28. The number of benzene rings is 1. The molecule has 0 bridgehead atoms. The van der Waals surface area contributed by atoms with Gasteiger partial charge in [0.2, 0.25) is 5.91 Å². The van der Waals surface area contributed by atoms with Crippen LogP contribution in [0.2, 0.25) is 0 Å². The number of carbonyl (C=O) groups excluding carboxylic acids is 1. The molecule has 0 heterocycles. The molecular weight excluding hydrogens is 230 g/mol. The second-order valence-corrected chi connectivity index (χ2v) is 4.87. The van der Waals surface area contributed by atoms with Crippen LogP contribution in [0.25, 0.3) is 0 Å². The van der Waals surface area contributed by atoms with E-state index in [1.807, 2.05) is 30.3 Å². The highest BCUT2D eigenvalue weighted by Gasteiger charge is 2.06. The van der Waals surface area contributed by atoms with Crippen molar-refractivity contribution in [2.24, 2.45) is 0 Å². The van der Waals surface area contributed by atoms with Gasteiger partial charge in [0.1, 0.15) is 6.61 Å². The molecule has 1 rings (SSSR count). The van der Waals surface area contributed by atoms with Crippen LogP contribution in [0.5, 0.6) is 0 Å². The summed E-state index contributed by atoms with van der Waals surface area (Å²) in [7, 11) is -3.56. The van der Waals surface area contributed by atoms with Crippen LogP contribution in [0, 0.1) is 0 Å². The van der Waals surface area contributed by atoms with Gasteiger partial charge >= 0.3 is 0 Å². The maximum atomic E-state index is 11.2. The van der Waals surface area contributed by atoms with E-state index in [1.165, 1.54) is 0 Å². The predicted molar refractivity (Wildman–Crippen MR) is 59.1 cm³/mol. The SMILES string of the molecule is CS(=O)(=O)OCC(=O)NCc1ccccc1. The van der Waals surface area contributed by atoms with Gasteiger partial charge in [-0.1, -0.05) is 30.3 Å². The Bertz CT molecular complexity index is 441. The van der Waals surface area contributed by atoms with Crippen molar-refractivity contribution in [3.05, 3.63) is 35.9 Å². The Morgan fingerprint density at radius 1 is 1.31 bits per heavy atom. The van der Waals surface area contributed by atoms with Crippen LogP contribution in [0.15, 0.2) is 30.3 Å². The molecule has 6 heteroatoms. The molecule has 0 saturated carbocycles. The van der Waals surface area contributed by atoms with Crippen molar-refractivity contribution in [1.29, 1.82) is 0 Å². The maximum absolute atomic E-state index is 11.2. The highest BCUT2D eigenvalue weighted by molar-refractivity contribution is 7.86. The van der Waals surface area contributed by atoms with Gasteiger partial charge in [0.25, 0.3) is 10.1 Å². The minimum absolute atomic E-state index is 0.354. The lowest BCUT2D eigenvalue weighted by atomic mass is 10.2. The van der Waals surface area contributed by atoms with E-state index in [0.717, 1.165) is 11.8 Å². The van der Waals surface area contributed by atoms with E-state index in [0.29, 0.717) is 6.54 Å². The van der Waals surface area contributed by atoms with E-state index in [4.69, 9.17) is 0 Å². The zero-order valence-electron chi connectivity index (χ0n) is 8.84. The van der Waals surface area contributed by atoms with E-state index in [-0.39, 0.29) is 0 Å². The first-order valence-corrected chi connectivity index (χ1v) is 6.44. The molecule has 0 aromatic heterocycles. The van der Waals surface area contributed by atoms with Crippen molar-refractivity contribution in [3.63, 3.8) is 0 Å². The quantitative estimate of drug-likeness (QED) is 0.754. The van der Waals surface area contributed by atoms with Crippen LogP contribution in [-0.4, -0.2) is 27.2 Å². The first-order chi connectivity index (χ1) is 7.47. The van der Waals surface area contributed by atoms with Crippen molar-refractivity contribution in [3.8, 4) is 0 Å². The van der Waals surface area contributed by atoms with Crippen molar-refractivity contribution < 1.29 is 17.4 Å². The van der Waals surface area contributed by atoms with Gasteiger partial charge in [-0.25, -0.2) is 0 Å². The topological polar surface area (TPSA) is 72.5 Å². The number of nitrogens with one attached hydrogen (secondary N) is 1. The molecule has 0 saturated heterocycles. The molecule has 5 nitrogen and oxygen atoms in total. The number of amides is 1. The summed E-state index contributed by atoms with van der Waals surface area (Å²) in [5.41, 5.74) is 0.940. The summed E-state index contributed by atoms with van der Waals surface area (Å²) in [5.74, 6) is -0.464. The third-order valence-electron chi connectivity index (χ3n) is 1.74. The Labute approximate surface area is 94.6 Å². The number of hydrogen-bond acceptors (Lipinski definition) is 4. The second kappa shape index (κ2) is 5.62. The molecule has 0 radical (unpaired) electrons. The molecular formula is C10H13NO4S. The van der Waals surface area contributed by atoms with Gasteiger partial charge in [-0.2, -0.15) is 8.42 Å². The zero-order chi connectivity index (χ0) is 12.0. The lowest BCUT2D eigenvalue weighted by molar-refractivity contribution is -0.123. The summed E-state index contributed by atoms with van der Waals surface area (Å²) >= 11 is 0. The van der Waals surface area contributed by atoms with Gasteiger partial charge in [-0.3, -0.25) is 8.98 Å². The Balaban J connectivity index is 2.31. The van der Waals surface area contributed by atoms with E-state index in [2.05, 4.69) is 9.50 Å². The van der Waals surface area contributed by atoms with Crippen LogP contribution in [0.3, 0.4) is 0 Å². The molecule has 0 atom stereocenters. The van der Waals surface area contributed by atoms with Gasteiger partial charge in [0.15, 0.2) is 0 Å². The molecule has 0 fully saturated rings. The van der Waals surface area contributed by atoms with Crippen molar-refractivity contribution in [2.45, 2.75) is 6.54 Å². The summed E-state index contributed by atoms with van der Waals surface area (Å²) in [6.07, 6.45) is 0.900. The van der Waals surface area contributed by atoms with Crippen LogP contribution in [0.1, 0.15) is 5.56 Å². The normalized spacial score (nSPS) is 11.1. The number of rotatable bonds is 5. The Kier molecular flexibility index (Phi) is 4.45. The van der Waals surface area contributed by atoms with Gasteiger partial charge in [0, 0.05) is 6.54 Å². The average Bonchev–Trinajstić information content (AvgIpc) is 2.24. The molecule has 1 aromatic carbocycles. The highest BCUT2D eigenvalue weighted by Crippen LogP contribution is 1.97. The summed E-state index contributed by atoms with van der Waals surface area (Å²) in [5, 5.41) is 2.54. The molecule has 1 amide bonds. The van der Waals surface area contributed by atoms with Crippen LogP contribution < -0.4 is 5.32 Å². The fourth-order valence-electron chi connectivity index (χ4n) is 1.01. The lowest BCUT2D eigenvalue weighted by Gasteiger charge is -2.04. The molecule has 16 heavy (non-hydrogen) atoms. The Hall–Kier alpha value is -1.40. The van der Waals surface area contributed by atoms with Gasteiger partial charge in [-0.05, 0) is 5.56 Å². The molecule has 0 aliphatic heterocycles. The smallest absolute Gasteiger partial charge is 0.264 e. The average molecular weight is 243 g/mol. The standard InChI is InChI=1S/C10H13NO4S/c1-16(13,14)15-8-10(12)11-7-9-5-3-2-4-6-9/h2-6H,7-8H2,1H3,(H,11,12). The molecule has 0 aliphatic rings. The molecule has 0 spiro atoms. The number of carbonyl (C=O) groups is 1. The van der Waals surface area contributed by atoms with E-state index in [1.54, 1.807) is 0 Å². The zero-order valence-corrected chi connectivity index (χ0v) is 9.66. The predicted octanol–water partition coefficient (Wildman–Crippen LogP) is 0.279. The van der Waals surface area contributed by atoms with E-state index < -0.39 is 22.6 Å². The first kappa shape index (κ1) is 12.7. The fourth-order valence-corrected chi connectivity index (χ4v) is 1.33. The van der Waals surface area contributed by atoms with E-state index in [9.17, 15) is 13.2 Å². The van der Waals surface area contributed by atoms with Gasteiger partial charge in [-0.15, -0.1) is 0 Å². The maximum Gasteiger partial charge on any atom is 0.264 e. The highest BCUT2D eigenvalue weighted by atomic mass is 32.2. The molecule has 0 unspecified atom stereocenters. The monoisotopic (exact) mass is 243 g/mol. The summed E-state index contributed by atoms with van der Waals surface area (Å²) in [6.45, 7) is -0.127. The van der Waals surface area contributed by atoms with Gasteiger partial charge in [0.05, 0.1) is 6.26 Å². The molecule has 1 N–H and O–H groups in total. The minimum Gasteiger partial charge on any atom is -0.350 e. The number of hydrogen-bond donors (Lipinski definition) is 1. The Morgan fingerprint density at radius 2 is 1.94 bits per heavy atom. The third kappa shape index (κ3) is 5.47. The van der Waals surface area contributed by atoms with Crippen molar-refractivity contribution in [1.82, 2.24) is 5.32 Å². The molecule has 88 valence electrons. The summed E-state index contributed by atoms with van der Waals surface area (Å²) in [4.78, 5) is 11.2. The Morgan fingerprint density at radius 3 is 2.50 bits per heavy atom. The molecule has 1 aromatic rings. The van der Waals surface area contributed by atoms with Crippen molar-refractivity contribution >= 4 is 16.0 Å². The fraction of sp³-hybridized carbons (Fsp3) is 0.300. The summed E-state index contributed by atoms with van der Waals surface area (Å²) in [6, 6.07) is 9.30. The van der Waals surface area contributed by atoms with Crippen LogP contribution in [0.4, 0.5) is 0 Å². The largest absolute Gasteiger partial charge is 0.350 e. The van der Waals surface area contributed by atoms with Crippen LogP contribution >= 0.6 is 0 Å². The third-order valence-corrected chi connectivity index (χ3v) is 2.28.